The molecule has 1 saturated carbocycles. The highest BCUT2D eigenvalue weighted by Gasteiger charge is 2.40. The van der Waals surface area contributed by atoms with Gasteiger partial charge >= 0.3 is 0 Å². The van der Waals surface area contributed by atoms with Gasteiger partial charge in [0.1, 0.15) is 6.04 Å². The van der Waals surface area contributed by atoms with Crippen LogP contribution in [0, 0.1) is 0 Å². The van der Waals surface area contributed by atoms with Gasteiger partial charge in [0.15, 0.2) is 0 Å². The maximum atomic E-state index is 11.6. The van der Waals surface area contributed by atoms with E-state index >= 15 is 0 Å². The molecule has 4 nitrogen and oxygen atoms in total. The van der Waals surface area contributed by atoms with Crippen molar-refractivity contribution in [2.24, 2.45) is 0 Å². The number of hydrogen-bond acceptors (Lipinski definition) is 3. The summed E-state index contributed by atoms with van der Waals surface area (Å²) in [5.74, 6) is 0.0831. The summed E-state index contributed by atoms with van der Waals surface area (Å²) in [7, 11) is 0. The average Bonchev–Trinajstić information content (AvgIpc) is 2.85. The van der Waals surface area contributed by atoms with E-state index in [9.17, 15) is 4.79 Å². The minimum absolute atomic E-state index is 0.0796. The predicted octanol–water partition coefficient (Wildman–Crippen LogP) is -0.357. The molecule has 2 aliphatic rings. The Morgan fingerprint density at radius 3 is 2.92 bits per heavy atom. The highest BCUT2D eigenvalue weighted by atomic mass is 16.5. The van der Waals surface area contributed by atoms with Gasteiger partial charge in [-0.15, -0.1) is 0 Å². The van der Waals surface area contributed by atoms with E-state index in [2.05, 4.69) is 17.6 Å². The second kappa shape index (κ2) is 3.27. The number of ether oxygens (including phenoxy) is 1. The van der Waals surface area contributed by atoms with Gasteiger partial charge in [0.25, 0.3) is 0 Å². The van der Waals surface area contributed by atoms with Crippen molar-refractivity contribution in [2.75, 3.05) is 19.8 Å². The van der Waals surface area contributed by atoms with Crippen LogP contribution in [0.4, 0.5) is 0 Å². The van der Waals surface area contributed by atoms with E-state index in [4.69, 9.17) is 4.74 Å². The molecular formula is C9H16N2O2. The Labute approximate surface area is 78.0 Å². The number of hydrogen-bond donors (Lipinski definition) is 2. The maximum absolute atomic E-state index is 11.6. The molecule has 1 atom stereocenters. The quantitative estimate of drug-likeness (QED) is 0.616. The zero-order chi connectivity index (χ0) is 9.31. The van der Waals surface area contributed by atoms with Gasteiger partial charge in [-0.2, -0.15) is 0 Å². The van der Waals surface area contributed by atoms with E-state index in [0.717, 1.165) is 19.4 Å². The van der Waals surface area contributed by atoms with Crippen LogP contribution in [-0.2, 0) is 9.53 Å². The number of rotatable bonds is 2. The molecule has 1 aliphatic heterocycles. The fourth-order valence-electron chi connectivity index (χ4n) is 1.43. The van der Waals surface area contributed by atoms with E-state index in [1.807, 2.05) is 0 Å². The lowest BCUT2D eigenvalue weighted by atomic mass is 10.2. The molecule has 0 spiro atoms. The molecule has 0 radical (unpaired) electrons. The van der Waals surface area contributed by atoms with Crippen molar-refractivity contribution in [2.45, 2.75) is 31.3 Å². The van der Waals surface area contributed by atoms with Crippen LogP contribution in [-0.4, -0.2) is 37.2 Å². The molecule has 2 rings (SSSR count). The van der Waals surface area contributed by atoms with Crippen molar-refractivity contribution in [1.82, 2.24) is 10.6 Å². The number of nitrogens with one attached hydrogen (secondary N) is 2. The van der Waals surface area contributed by atoms with Crippen molar-refractivity contribution in [3.63, 3.8) is 0 Å². The lowest BCUT2D eigenvalue weighted by molar-refractivity contribution is -0.126. The van der Waals surface area contributed by atoms with Crippen LogP contribution < -0.4 is 10.6 Å². The SMILES string of the molecule is CC1(NC(=O)C2COCCN2)CC1. The van der Waals surface area contributed by atoms with E-state index < -0.39 is 0 Å². The standard InChI is InChI=1S/C9H16N2O2/c1-9(2-3-9)11-8(12)7-6-13-5-4-10-7/h7,10H,2-6H2,1H3,(H,11,12). The van der Waals surface area contributed by atoms with Crippen molar-refractivity contribution in [3.8, 4) is 0 Å². The topological polar surface area (TPSA) is 50.4 Å². The molecule has 2 fully saturated rings. The summed E-state index contributed by atoms with van der Waals surface area (Å²) in [6.07, 6.45) is 2.21. The summed E-state index contributed by atoms with van der Waals surface area (Å²) < 4.78 is 5.21. The Bertz CT molecular complexity index is 208. The van der Waals surface area contributed by atoms with E-state index in [-0.39, 0.29) is 17.5 Å². The zero-order valence-corrected chi connectivity index (χ0v) is 7.93. The van der Waals surface area contributed by atoms with Gasteiger partial charge in [-0.1, -0.05) is 0 Å². The van der Waals surface area contributed by atoms with Crippen LogP contribution in [0.3, 0.4) is 0 Å². The maximum Gasteiger partial charge on any atom is 0.239 e. The number of amides is 1. The lowest BCUT2D eigenvalue weighted by Crippen LogP contribution is -2.53. The Hall–Kier alpha value is -0.610. The van der Waals surface area contributed by atoms with Crippen LogP contribution in [0.1, 0.15) is 19.8 Å². The fraction of sp³-hybridized carbons (Fsp3) is 0.889. The van der Waals surface area contributed by atoms with Crippen LogP contribution in [0.25, 0.3) is 0 Å². The van der Waals surface area contributed by atoms with Crippen molar-refractivity contribution < 1.29 is 9.53 Å². The van der Waals surface area contributed by atoms with Gasteiger partial charge < -0.3 is 15.4 Å². The van der Waals surface area contributed by atoms with Gasteiger partial charge in [0.2, 0.25) is 5.91 Å². The van der Waals surface area contributed by atoms with Crippen molar-refractivity contribution in [3.05, 3.63) is 0 Å². The summed E-state index contributed by atoms with van der Waals surface area (Å²) in [6, 6.07) is -0.147. The summed E-state index contributed by atoms with van der Waals surface area (Å²) in [4.78, 5) is 11.6. The van der Waals surface area contributed by atoms with Crippen LogP contribution in [0.2, 0.25) is 0 Å². The molecule has 2 N–H and O–H groups in total. The van der Waals surface area contributed by atoms with E-state index in [0.29, 0.717) is 13.2 Å². The highest BCUT2D eigenvalue weighted by Crippen LogP contribution is 2.34. The molecule has 1 amide bonds. The van der Waals surface area contributed by atoms with Gasteiger partial charge in [-0.3, -0.25) is 4.79 Å². The van der Waals surface area contributed by atoms with Gasteiger partial charge in [-0.25, -0.2) is 0 Å². The molecule has 1 aliphatic carbocycles. The molecule has 1 saturated heterocycles. The molecule has 0 aromatic heterocycles. The normalized spacial score (nSPS) is 31.0. The molecule has 0 aromatic rings. The van der Waals surface area contributed by atoms with Crippen LogP contribution in [0.5, 0.6) is 0 Å². The first kappa shape index (κ1) is 8.97. The van der Waals surface area contributed by atoms with Crippen LogP contribution >= 0.6 is 0 Å². The minimum Gasteiger partial charge on any atom is -0.378 e. The molecular weight excluding hydrogens is 168 g/mol. The molecule has 74 valence electrons. The average molecular weight is 184 g/mol. The van der Waals surface area contributed by atoms with Gasteiger partial charge in [-0.05, 0) is 19.8 Å². The third-order valence-electron chi connectivity index (χ3n) is 2.66. The van der Waals surface area contributed by atoms with Crippen LogP contribution in [0.15, 0.2) is 0 Å². The van der Waals surface area contributed by atoms with E-state index in [1.165, 1.54) is 0 Å². The Morgan fingerprint density at radius 2 is 2.38 bits per heavy atom. The van der Waals surface area contributed by atoms with Crippen molar-refractivity contribution >= 4 is 5.91 Å². The van der Waals surface area contributed by atoms with E-state index in [1.54, 1.807) is 0 Å². The summed E-state index contributed by atoms with van der Waals surface area (Å²) in [5, 5.41) is 6.15. The largest absolute Gasteiger partial charge is 0.378 e. The molecule has 1 unspecified atom stereocenters. The number of carbonyl (C=O) groups excluding carboxylic acids is 1. The first-order valence-corrected chi connectivity index (χ1v) is 4.83. The smallest absolute Gasteiger partial charge is 0.239 e. The molecule has 0 aromatic carbocycles. The highest BCUT2D eigenvalue weighted by molar-refractivity contribution is 5.83. The molecule has 1 heterocycles. The number of morpholine rings is 1. The summed E-state index contributed by atoms with van der Waals surface area (Å²) >= 11 is 0. The first-order valence-electron chi connectivity index (χ1n) is 4.83. The van der Waals surface area contributed by atoms with Crippen molar-refractivity contribution in [1.29, 1.82) is 0 Å². The number of carbonyl (C=O) groups is 1. The van der Waals surface area contributed by atoms with Gasteiger partial charge in [0.05, 0.1) is 13.2 Å². The first-order chi connectivity index (χ1) is 6.20. The predicted molar refractivity (Wildman–Crippen MR) is 48.4 cm³/mol. The second-order valence-corrected chi connectivity index (χ2v) is 4.13. The Kier molecular flexibility index (Phi) is 2.26. The minimum atomic E-state index is -0.147. The Morgan fingerprint density at radius 1 is 1.62 bits per heavy atom. The Balaban J connectivity index is 1.81. The molecule has 13 heavy (non-hydrogen) atoms. The zero-order valence-electron chi connectivity index (χ0n) is 7.93. The third kappa shape index (κ3) is 2.19. The monoisotopic (exact) mass is 184 g/mol. The summed E-state index contributed by atoms with van der Waals surface area (Å²) in [5.41, 5.74) is 0.0796. The summed E-state index contributed by atoms with van der Waals surface area (Å²) in [6.45, 7) is 4.06. The van der Waals surface area contributed by atoms with Gasteiger partial charge in [0, 0.05) is 12.1 Å². The fourth-order valence-corrected chi connectivity index (χ4v) is 1.43. The molecule has 0 bridgehead atoms. The third-order valence-corrected chi connectivity index (χ3v) is 2.66. The lowest BCUT2D eigenvalue weighted by Gasteiger charge is -2.24. The molecule has 4 heteroatoms. The second-order valence-electron chi connectivity index (χ2n) is 4.13.